The van der Waals surface area contributed by atoms with Gasteiger partial charge in [-0.25, -0.2) is 9.20 Å². The molecule has 2 heterocycles. The van der Waals surface area contributed by atoms with Crippen LogP contribution in [0.3, 0.4) is 0 Å². The van der Waals surface area contributed by atoms with Gasteiger partial charge in [-0.3, -0.25) is 9.59 Å². The van der Waals surface area contributed by atoms with Crippen LogP contribution in [0.5, 0.6) is 5.75 Å². The zero-order chi connectivity index (χ0) is 22.7. The van der Waals surface area contributed by atoms with Crippen LogP contribution in [0.25, 0.3) is 16.8 Å². The molecule has 1 amide bonds. The molecule has 4 aromatic rings. The molecule has 0 aliphatic carbocycles. The Hall–Kier alpha value is -3.94. The van der Waals surface area contributed by atoms with Crippen molar-refractivity contribution >= 4 is 11.4 Å². The first-order chi connectivity index (χ1) is 15.5. The first kappa shape index (κ1) is 21.3. The summed E-state index contributed by atoms with van der Waals surface area (Å²) < 4.78 is 7.90. The number of carbonyl (C=O) groups excluding carboxylic acids is 1. The van der Waals surface area contributed by atoms with E-state index in [0.29, 0.717) is 23.6 Å². The van der Waals surface area contributed by atoms with Crippen molar-refractivity contribution in [3.05, 3.63) is 81.9 Å². The van der Waals surface area contributed by atoms with Crippen molar-refractivity contribution in [3.8, 4) is 17.0 Å². The summed E-state index contributed by atoms with van der Waals surface area (Å²) in [5.74, 6) is 0.939. The van der Waals surface area contributed by atoms with Crippen LogP contribution in [-0.2, 0) is 24.3 Å². The molecule has 0 atom stereocenters. The number of ether oxygens (including phenoxy) is 1. The second-order valence-electron chi connectivity index (χ2n) is 7.52. The van der Waals surface area contributed by atoms with Crippen molar-refractivity contribution in [3.63, 3.8) is 0 Å². The summed E-state index contributed by atoms with van der Waals surface area (Å²) in [4.78, 5) is 25.4. The summed E-state index contributed by atoms with van der Waals surface area (Å²) in [6.45, 7) is 4.01. The molecular weight excluding hydrogens is 406 g/mol. The maximum absolute atomic E-state index is 13.0. The third kappa shape index (κ3) is 4.39. The number of fused-ring (bicyclic) bond motifs is 1. The van der Waals surface area contributed by atoms with Crippen LogP contribution in [0, 0.1) is 6.92 Å². The van der Waals surface area contributed by atoms with Crippen molar-refractivity contribution in [2.24, 2.45) is 0 Å². The van der Waals surface area contributed by atoms with Crippen LogP contribution < -0.4 is 15.6 Å². The summed E-state index contributed by atoms with van der Waals surface area (Å²) in [7, 11) is 1.59. The van der Waals surface area contributed by atoms with Crippen LogP contribution in [0.2, 0.25) is 0 Å². The SMILES string of the molecule is CCc1ccc(-c2cc3c(=O)n(CC(=O)NCc4cccc(OC)c4)nc(C)n3n2)cc1. The maximum atomic E-state index is 13.0. The van der Waals surface area contributed by atoms with Gasteiger partial charge in [0.05, 0.1) is 12.8 Å². The van der Waals surface area contributed by atoms with E-state index in [0.717, 1.165) is 23.3 Å². The number of nitrogens with one attached hydrogen (secondary N) is 1. The van der Waals surface area contributed by atoms with E-state index in [1.165, 1.54) is 14.8 Å². The summed E-state index contributed by atoms with van der Waals surface area (Å²) in [5, 5.41) is 11.6. The van der Waals surface area contributed by atoms with Crippen LogP contribution in [-0.4, -0.2) is 32.4 Å². The quantitative estimate of drug-likeness (QED) is 0.486. The molecule has 32 heavy (non-hydrogen) atoms. The molecule has 164 valence electrons. The van der Waals surface area contributed by atoms with Gasteiger partial charge in [-0.05, 0) is 42.7 Å². The fourth-order valence-corrected chi connectivity index (χ4v) is 3.51. The molecule has 4 rings (SSSR count). The molecule has 1 N–H and O–H groups in total. The van der Waals surface area contributed by atoms with E-state index < -0.39 is 0 Å². The first-order valence-electron chi connectivity index (χ1n) is 10.4. The molecule has 0 saturated carbocycles. The fourth-order valence-electron chi connectivity index (χ4n) is 3.51. The lowest BCUT2D eigenvalue weighted by molar-refractivity contribution is -0.122. The predicted octanol–water partition coefficient (Wildman–Crippen LogP) is 2.75. The van der Waals surface area contributed by atoms with Gasteiger partial charge < -0.3 is 10.1 Å². The van der Waals surface area contributed by atoms with Gasteiger partial charge in [0.1, 0.15) is 23.6 Å². The maximum Gasteiger partial charge on any atom is 0.293 e. The topological polar surface area (TPSA) is 90.5 Å². The molecule has 0 unspecified atom stereocenters. The number of hydrogen-bond donors (Lipinski definition) is 1. The average Bonchev–Trinajstić information content (AvgIpc) is 3.28. The number of methoxy groups -OCH3 is 1. The fraction of sp³-hybridized carbons (Fsp3) is 0.250. The lowest BCUT2D eigenvalue weighted by atomic mass is 10.1. The Balaban J connectivity index is 1.54. The summed E-state index contributed by atoms with van der Waals surface area (Å²) in [5.41, 5.74) is 3.77. The standard InChI is InChI=1S/C24H25N5O3/c1-4-17-8-10-19(11-9-17)21-13-22-24(31)28(26-16(2)29(22)27-21)15-23(30)25-14-18-6-5-7-20(12-18)32-3/h5-13H,4,14-15H2,1-3H3,(H,25,30). The highest BCUT2D eigenvalue weighted by Crippen LogP contribution is 2.20. The summed E-state index contributed by atoms with van der Waals surface area (Å²) in [6, 6.07) is 17.3. The Morgan fingerprint density at radius 1 is 1.06 bits per heavy atom. The molecule has 8 nitrogen and oxygen atoms in total. The number of aromatic nitrogens is 4. The van der Waals surface area contributed by atoms with E-state index in [2.05, 4.69) is 34.6 Å². The normalized spacial score (nSPS) is 11.0. The van der Waals surface area contributed by atoms with Gasteiger partial charge in [0, 0.05) is 12.1 Å². The van der Waals surface area contributed by atoms with Gasteiger partial charge in [0.25, 0.3) is 5.56 Å². The summed E-state index contributed by atoms with van der Waals surface area (Å²) >= 11 is 0. The molecule has 2 aromatic heterocycles. The number of nitrogens with zero attached hydrogens (tertiary/aromatic N) is 4. The van der Waals surface area contributed by atoms with Gasteiger partial charge in [0.15, 0.2) is 0 Å². The lowest BCUT2D eigenvalue weighted by Crippen LogP contribution is -2.34. The highest BCUT2D eigenvalue weighted by Gasteiger charge is 2.15. The Kier molecular flexibility index (Phi) is 6.02. The van der Waals surface area contributed by atoms with Gasteiger partial charge >= 0.3 is 0 Å². The van der Waals surface area contributed by atoms with E-state index in [1.807, 2.05) is 36.4 Å². The van der Waals surface area contributed by atoms with Crippen molar-refractivity contribution in [2.45, 2.75) is 33.4 Å². The molecule has 0 fully saturated rings. The van der Waals surface area contributed by atoms with Gasteiger partial charge in [-0.15, -0.1) is 0 Å². The second-order valence-corrected chi connectivity index (χ2v) is 7.52. The Labute approximate surface area is 185 Å². The zero-order valence-electron chi connectivity index (χ0n) is 18.3. The van der Waals surface area contributed by atoms with Crippen LogP contribution in [0.4, 0.5) is 0 Å². The van der Waals surface area contributed by atoms with E-state index in [-0.39, 0.29) is 18.0 Å². The number of benzene rings is 2. The molecule has 8 heteroatoms. The number of carbonyl (C=O) groups is 1. The Morgan fingerprint density at radius 3 is 2.56 bits per heavy atom. The van der Waals surface area contributed by atoms with Gasteiger partial charge in [0.2, 0.25) is 5.91 Å². The number of amides is 1. The zero-order valence-corrected chi connectivity index (χ0v) is 18.3. The highest BCUT2D eigenvalue weighted by molar-refractivity contribution is 5.75. The molecule has 0 aliphatic heterocycles. The van der Waals surface area contributed by atoms with Gasteiger partial charge in [-0.2, -0.15) is 10.2 Å². The number of aryl methyl sites for hydroxylation is 2. The highest BCUT2D eigenvalue weighted by atomic mass is 16.5. The summed E-state index contributed by atoms with van der Waals surface area (Å²) in [6.07, 6.45) is 0.957. The molecule has 0 bridgehead atoms. The number of rotatable bonds is 7. The molecule has 0 aliphatic rings. The predicted molar refractivity (Wildman–Crippen MR) is 122 cm³/mol. The molecule has 0 spiro atoms. The third-order valence-corrected chi connectivity index (χ3v) is 5.31. The largest absolute Gasteiger partial charge is 0.497 e. The first-order valence-corrected chi connectivity index (χ1v) is 10.4. The van der Waals surface area contributed by atoms with E-state index in [1.54, 1.807) is 20.1 Å². The average molecular weight is 431 g/mol. The van der Waals surface area contributed by atoms with E-state index >= 15 is 0 Å². The monoisotopic (exact) mass is 431 g/mol. The second kappa shape index (κ2) is 9.05. The minimum absolute atomic E-state index is 0.175. The molecule has 2 aromatic carbocycles. The third-order valence-electron chi connectivity index (χ3n) is 5.31. The van der Waals surface area contributed by atoms with E-state index in [9.17, 15) is 9.59 Å². The smallest absolute Gasteiger partial charge is 0.293 e. The molecule has 0 radical (unpaired) electrons. The minimum atomic E-state index is -0.365. The van der Waals surface area contributed by atoms with E-state index in [4.69, 9.17) is 4.74 Å². The van der Waals surface area contributed by atoms with Crippen molar-refractivity contribution in [2.75, 3.05) is 7.11 Å². The minimum Gasteiger partial charge on any atom is -0.497 e. The Morgan fingerprint density at radius 2 is 1.84 bits per heavy atom. The van der Waals surface area contributed by atoms with Gasteiger partial charge in [-0.1, -0.05) is 43.3 Å². The van der Waals surface area contributed by atoms with Crippen molar-refractivity contribution in [1.29, 1.82) is 0 Å². The van der Waals surface area contributed by atoms with Crippen molar-refractivity contribution in [1.82, 2.24) is 24.7 Å². The molecular formula is C24H25N5O3. The Bertz CT molecular complexity index is 1320. The van der Waals surface area contributed by atoms with Crippen molar-refractivity contribution < 1.29 is 9.53 Å². The van der Waals surface area contributed by atoms with Crippen LogP contribution >= 0.6 is 0 Å². The van der Waals surface area contributed by atoms with Crippen LogP contribution in [0.15, 0.2) is 59.4 Å². The molecule has 0 saturated heterocycles. The van der Waals surface area contributed by atoms with Crippen LogP contribution in [0.1, 0.15) is 23.9 Å². The number of hydrogen-bond acceptors (Lipinski definition) is 5. The lowest BCUT2D eigenvalue weighted by Gasteiger charge is -2.09.